The second-order valence-corrected chi connectivity index (χ2v) is 22.8. The molecule has 5 rings (SSSR count). The predicted octanol–water partition coefficient (Wildman–Crippen LogP) is 10.6. The zero-order chi connectivity index (χ0) is 53.8. The number of amides is 3. The maximum atomic E-state index is 13.6. The van der Waals surface area contributed by atoms with Gasteiger partial charge in [0, 0.05) is 47.4 Å². The first-order chi connectivity index (χ1) is 34.2. The summed E-state index contributed by atoms with van der Waals surface area (Å²) >= 11 is 0. The maximum absolute atomic E-state index is 13.6. The Balaban J connectivity index is 1.18. The molecule has 0 unspecified atom stereocenters. The summed E-state index contributed by atoms with van der Waals surface area (Å²) in [5.74, 6) is 1.55. The lowest BCUT2D eigenvalue weighted by molar-refractivity contribution is -0.0109. The van der Waals surface area contributed by atoms with Crippen molar-refractivity contribution in [1.29, 1.82) is 0 Å². The lowest BCUT2D eigenvalue weighted by atomic mass is 9.86. The van der Waals surface area contributed by atoms with Gasteiger partial charge in [0.25, 0.3) is 5.91 Å². The van der Waals surface area contributed by atoms with Crippen LogP contribution in [0.5, 0.6) is 28.7 Å². The summed E-state index contributed by atoms with van der Waals surface area (Å²) in [5.41, 5.74) is 0.517. The summed E-state index contributed by atoms with van der Waals surface area (Å²) < 4.78 is 91.2. The van der Waals surface area contributed by atoms with Crippen molar-refractivity contribution in [2.75, 3.05) is 87.8 Å². The van der Waals surface area contributed by atoms with Crippen molar-refractivity contribution in [3.05, 3.63) is 90.1 Å². The number of methoxy groups -OCH3 is 3. The van der Waals surface area contributed by atoms with Crippen LogP contribution in [0, 0.1) is 0 Å². The highest BCUT2D eigenvalue weighted by atomic mass is 32.2. The van der Waals surface area contributed by atoms with Crippen LogP contribution >= 0.6 is 7.82 Å². The van der Waals surface area contributed by atoms with Crippen molar-refractivity contribution in [1.82, 2.24) is 10.3 Å². The van der Waals surface area contributed by atoms with Crippen LogP contribution in [-0.4, -0.2) is 104 Å². The van der Waals surface area contributed by atoms with Crippen molar-refractivity contribution < 1.29 is 64.6 Å². The number of ether oxygens (including phenoxy) is 6. The number of phosphoric ester groups is 1. The van der Waals surface area contributed by atoms with Gasteiger partial charge in [0.05, 0.1) is 88.9 Å². The molecule has 22 heteroatoms. The van der Waals surface area contributed by atoms with Gasteiger partial charge in [-0.2, -0.15) is 0 Å². The normalized spacial score (nSPS) is 12.2. The van der Waals surface area contributed by atoms with Crippen molar-refractivity contribution in [3.63, 3.8) is 0 Å². The molecule has 0 aliphatic carbocycles. The SMILES string of the molecule is COc1cc(Nc2cc(Oc3ccc(NC(=O)Nc4cc(C(C)(C)C)cc(NS(C)(=O)=O)c4OC)c4ccccc34)ccn2)cc(OC)c1C(=O)NCCOCCOCCOP(=O)(OC(C)(C)C)OC(C)(C)C. The van der Waals surface area contributed by atoms with Crippen LogP contribution in [-0.2, 0) is 43.0 Å². The zero-order valence-electron chi connectivity index (χ0n) is 43.8. The maximum Gasteiger partial charge on any atom is 0.475 e. The van der Waals surface area contributed by atoms with Gasteiger partial charge in [0.1, 0.15) is 34.4 Å². The van der Waals surface area contributed by atoms with Crippen LogP contribution < -0.4 is 44.9 Å². The standard InChI is InChI=1S/C51H69N6O14PS/c1-49(2,3)33-28-39(46(65-12)40(29-33)57-73(13,61)62)56-48(59)55-38-18-19-41(37-17-15-14-16-36(37)38)69-35-20-21-52-44(32-35)54-34-30-42(63-10)45(43(31-34)64-11)47(58)53-22-23-66-24-25-67-26-27-68-72(60,70-50(4,5)6)71-51(7,8)9/h14-21,28-32,57H,22-27H2,1-13H3,(H,52,54)(H,53,58)(H2,55,56,59). The second-order valence-electron chi connectivity index (χ2n) is 19.5. The molecular weight excluding hydrogens is 984 g/mol. The third-order valence-electron chi connectivity index (χ3n) is 9.95. The van der Waals surface area contributed by atoms with Gasteiger partial charge in [-0.3, -0.25) is 23.1 Å². The Bertz CT molecular complexity index is 2840. The van der Waals surface area contributed by atoms with E-state index < -0.39 is 46.4 Å². The first kappa shape index (κ1) is 57.7. The van der Waals surface area contributed by atoms with Crippen molar-refractivity contribution in [3.8, 4) is 28.7 Å². The summed E-state index contributed by atoms with van der Waals surface area (Å²) in [6.45, 7) is 17.5. The Kier molecular flexibility index (Phi) is 19.5. The number of benzene rings is 4. The van der Waals surface area contributed by atoms with Crippen LogP contribution in [0.4, 0.5) is 33.4 Å². The summed E-state index contributed by atoms with van der Waals surface area (Å²) in [7, 11) is -3.22. The highest BCUT2D eigenvalue weighted by Crippen LogP contribution is 2.55. The van der Waals surface area contributed by atoms with E-state index in [9.17, 15) is 22.6 Å². The van der Waals surface area contributed by atoms with Crippen LogP contribution in [0.3, 0.4) is 0 Å². The monoisotopic (exact) mass is 1050 g/mol. The molecule has 0 aliphatic rings. The van der Waals surface area contributed by atoms with Crippen LogP contribution in [0.1, 0.15) is 78.2 Å². The van der Waals surface area contributed by atoms with E-state index in [1.54, 1.807) is 96.3 Å². The molecule has 73 heavy (non-hydrogen) atoms. The second kappa shape index (κ2) is 24.7. The minimum Gasteiger partial charge on any atom is -0.496 e. The highest BCUT2D eigenvalue weighted by molar-refractivity contribution is 7.92. The van der Waals surface area contributed by atoms with E-state index in [-0.39, 0.29) is 73.8 Å². The molecule has 1 aromatic heterocycles. The molecular formula is C51H69N6O14PS. The van der Waals surface area contributed by atoms with Crippen molar-refractivity contribution >= 4 is 69.1 Å². The fourth-order valence-electron chi connectivity index (χ4n) is 7.02. The van der Waals surface area contributed by atoms with E-state index in [0.717, 1.165) is 11.8 Å². The molecule has 398 valence electrons. The van der Waals surface area contributed by atoms with Crippen LogP contribution in [0.25, 0.3) is 10.8 Å². The van der Waals surface area contributed by atoms with Gasteiger partial charge < -0.3 is 49.7 Å². The summed E-state index contributed by atoms with van der Waals surface area (Å²) in [6, 6.07) is 20.4. The van der Waals surface area contributed by atoms with Gasteiger partial charge in [0.15, 0.2) is 5.75 Å². The quantitative estimate of drug-likeness (QED) is 0.0285. The number of rotatable bonds is 24. The predicted molar refractivity (Wildman–Crippen MR) is 283 cm³/mol. The summed E-state index contributed by atoms with van der Waals surface area (Å²) in [4.78, 5) is 31.5. The number of nitrogens with zero attached hydrogens (tertiary/aromatic N) is 1. The average Bonchev–Trinajstić information content (AvgIpc) is 3.28. The fraction of sp³-hybridized carbons (Fsp3) is 0.431. The minimum atomic E-state index is -3.84. The number of pyridine rings is 1. The fourth-order valence-corrected chi connectivity index (χ4v) is 9.35. The first-order valence-electron chi connectivity index (χ1n) is 23.3. The largest absolute Gasteiger partial charge is 0.496 e. The number of fused-ring (bicyclic) bond motifs is 1. The van der Waals surface area contributed by atoms with Crippen LogP contribution in [0.15, 0.2) is 79.0 Å². The third-order valence-corrected chi connectivity index (χ3v) is 12.6. The van der Waals surface area contributed by atoms with Crippen molar-refractivity contribution in [2.24, 2.45) is 0 Å². The van der Waals surface area contributed by atoms with Gasteiger partial charge in [0.2, 0.25) is 10.0 Å². The zero-order valence-corrected chi connectivity index (χ0v) is 45.5. The molecule has 5 aromatic rings. The number of phosphoric acid groups is 1. The van der Waals surface area contributed by atoms with Gasteiger partial charge >= 0.3 is 13.9 Å². The molecule has 20 nitrogen and oxygen atoms in total. The Hall–Kier alpha value is -6.19. The van der Waals surface area contributed by atoms with E-state index in [4.69, 9.17) is 42.0 Å². The molecule has 0 fully saturated rings. The van der Waals surface area contributed by atoms with E-state index >= 15 is 0 Å². The van der Waals surface area contributed by atoms with E-state index in [0.29, 0.717) is 39.5 Å². The Morgan fingerprint density at radius 1 is 0.671 bits per heavy atom. The molecule has 0 saturated heterocycles. The average molecular weight is 1050 g/mol. The van der Waals surface area contributed by atoms with Gasteiger partial charge in [-0.05, 0) is 82.9 Å². The molecule has 0 aliphatic heterocycles. The number of nitrogens with one attached hydrogen (secondary N) is 5. The van der Waals surface area contributed by atoms with E-state index in [2.05, 4.69) is 31.0 Å². The Labute approximate surface area is 428 Å². The van der Waals surface area contributed by atoms with E-state index in [1.165, 1.54) is 21.3 Å². The lowest BCUT2D eigenvalue weighted by Crippen LogP contribution is -2.28. The number of carbonyl (C=O) groups excluding carboxylic acids is 2. The number of sulfonamides is 1. The van der Waals surface area contributed by atoms with Crippen molar-refractivity contribution in [2.45, 2.75) is 78.9 Å². The van der Waals surface area contributed by atoms with Gasteiger partial charge in [-0.1, -0.05) is 45.0 Å². The summed E-state index contributed by atoms with van der Waals surface area (Å²) in [5, 5.41) is 13.2. The third kappa shape index (κ3) is 17.8. The molecule has 1 heterocycles. The number of carbonyl (C=O) groups is 2. The molecule has 0 bridgehead atoms. The molecule has 0 saturated carbocycles. The topological polar surface area (TPSA) is 241 Å². The lowest BCUT2D eigenvalue weighted by Gasteiger charge is -2.30. The minimum absolute atomic E-state index is 0.0144. The summed E-state index contributed by atoms with van der Waals surface area (Å²) in [6.07, 6.45) is 2.62. The highest BCUT2D eigenvalue weighted by Gasteiger charge is 2.37. The molecule has 5 N–H and O–H groups in total. The molecule has 3 amide bonds. The van der Waals surface area contributed by atoms with Crippen LogP contribution in [0.2, 0.25) is 0 Å². The van der Waals surface area contributed by atoms with E-state index in [1.807, 2.05) is 45.0 Å². The smallest absolute Gasteiger partial charge is 0.475 e. The Morgan fingerprint density at radius 3 is 1.85 bits per heavy atom. The van der Waals surface area contributed by atoms with Gasteiger partial charge in [-0.25, -0.2) is 22.8 Å². The molecule has 0 atom stereocenters. The first-order valence-corrected chi connectivity index (χ1v) is 26.6. The molecule has 4 aromatic carbocycles. The number of anilines is 5. The Morgan fingerprint density at radius 2 is 1.26 bits per heavy atom. The van der Waals surface area contributed by atoms with Gasteiger partial charge in [-0.15, -0.1) is 0 Å². The molecule has 0 spiro atoms. The number of aromatic nitrogens is 1. The molecule has 0 radical (unpaired) electrons. The number of hydrogen-bond acceptors (Lipinski definition) is 16. The number of hydrogen-bond donors (Lipinski definition) is 5. The number of urea groups is 1.